The highest BCUT2D eigenvalue weighted by Crippen LogP contribution is 2.13. The number of aromatic nitrogens is 1. The molecule has 6 nitrogen and oxygen atoms in total. The molecule has 2 N–H and O–H groups in total. The first kappa shape index (κ1) is 16.2. The fraction of sp³-hybridized carbons (Fsp3) is 0.133. The number of aliphatic hydroxyl groups is 1. The minimum absolute atomic E-state index is 0.0666. The van der Waals surface area contributed by atoms with E-state index < -0.39 is 10.1 Å². The van der Waals surface area contributed by atoms with Crippen LogP contribution in [0.4, 0.5) is 0 Å². The first-order valence-electron chi connectivity index (χ1n) is 6.39. The zero-order chi connectivity index (χ0) is 16.2. The number of hydrogen-bond donors (Lipinski definition) is 2. The maximum atomic E-state index is 10.5. The molecule has 2 aromatic carbocycles. The lowest BCUT2D eigenvalue weighted by molar-refractivity contribution is 0.244. The number of nitrogens with zero attached hydrogens (tertiary/aromatic N) is 1. The maximum Gasteiger partial charge on any atom is 0.294 e. The molecule has 0 saturated heterocycles. The van der Waals surface area contributed by atoms with Crippen LogP contribution in [0.3, 0.4) is 0 Å². The summed E-state index contributed by atoms with van der Waals surface area (Å²) in [5.74, 6) is 0.367. The van der Waals surface area contributed by atoms with Crippen LogP contribution in [0.15, 0.2) is 57.8 Å². The summed E-state index contributed by atoms with van der Waals surface area (Å²) in [6.07, 6.45) is 0. The van der Waals surface area contributed by atoms with E-state index in [-0.39, 0.29) is 11.5 Å². The third kappa shape index (κ3) is 4.14. The Labute approximate surface area is 127 Å². The highest BCUT2D eigenvalue weighted by atomic mass is 32.2. The van der Waals surface area contributed by atoms with Crippen LogP contribution in [-0.2, 0) is 16.7 Å². The molecule has 0 radical (unpaired) electrons. The van der Waals surface area contributed by atoms with Gasteiger partial charge in [-0.15, -0.1) is 0 Å². The van der Waals surface area contributed by atoms with Gasteiger partial charge in [-0.3, -0.25) is 4.55 Å². The number of rotatable bonds is 2. The van der Waals surface area contributed by atoms with Crippen molar-refractivity contribution in [3.8, 4) is 0 Å². The summed E-state index contributed by atoms with van der Waals surface area (Å²) >= 11 is 0. The van der Waals surface area contributed by atoms with Gasteiger partial charge in [0, 0.05) is 0 Å². The van der Waals surface area contributed by atoms with Crippen LogP contribution < -0.4 is 0 Å². The summed E-state index contributed by atoms with van der Waals surface area (Å²) in [6, 6.07) is 13.4. The molecule has 0 aliphatic carbocycles. The second-order valence-corrected chi connectivity index (χ2v) is 5.94. The normalized spacial score (nSPS) is 11.0. The van der Waals surface area contributed by atoms with Crippen molar-refractivity contribution in [2.24, 2.45) is 0 Å². The number of fused-ring (bicyclic) bond motifs is 1. The summed E-state index contributed by atoms with van der Waals surface area (Å²) in [5, 5.41) is 8.68. The Kier molecular flexibility index (Phi) is 4.92. The molecule has 0 atom stereocenters. The molecule has 1 aromatic heterocycles. The van der Waals surface area contributed by atoms with Gasteiger partial charge in [-0.2, -0.15) is 8.42 Å². The van der Waals surface area contributed by atoms with Crippen molar-refractivity contribution in [3.05, 3.63) is 60.0 Å². The summed E-state index contributed by atoms with van der Waals surface area (Å²) in [4.78, 5) is 3.95. The second kappa shape index (κ2) is 6.69. The van der Waals surface area contributed by atoms with Crippen LogP contribution >= 0.6 is 0 Å². The summed E-state index contributed by atoms with van der Waals surface area (Å²) in [5.41, 5.74) is 2.46. The van der Waals surface area contributed by atoms with Crippen LogP contribution in [-0.4, -0.2) is 23.1 Å². The maximum absolute atomic E-state index is 10.5. The van der Waals surface area contributed by atoms with E-state index in [1.807, 2.05) is 31.2 Å². The lowest BCUT2D eigenvalue weighted by atomic mass is 10.2. The minimum Gasteiger partial charge on any atom is -0.438 e. The van der Waals surface area contributed by atoms with Crippen LogP contribution in [0.2, 0.25) is 0 Å². The summed E-state index contributed by atoms with van der Waals surface area (Å²) in [6.45, 7) is 1.70. The lowest BCUT2D eigenvalue weighted by Crippen LogP contribution is -1.96. The smallest absolute Gasteiger partial charge is 0.294 e. The highest BCUT2D eigenvalue weighted by Gasteiger charge is 2.06. The summed E-state index contributed by atoms with van der Waals surface area (Å²) in [7, 11) is -4.02. The Morgan fingerprint density at radius 1 is 1.09 bits per heavy atom. The van der Waals surface area contributed by atoms with Crippen molar-refractivity contribution < 1.29 is 22.5 Å². The molecule has 0 aliphatic rings. The molecule has 3 rings (SSSR count). The SMILES string of the molecule is Cc1ccc(S(=O)(=O)O)cc1.OCc1nc2ccccc2o1. The van der Waals surface area contributed by atoms with Crippen molar-refractivity contribution in [2.75, 3.05) is 0 Å². The molecule has 22 heavy (non-hydrogen) atoms. The predicted octanol–water partition coefficient (Wildman–Crippen LogP) is 2.56. The van der Waals surface area contributed by atoms with Gasteiger partial charge >= 0.3 is 0 Å². The van der Waals surface area contributed by atoms with E-state index in [4.69, 9.17) is 14.1 Å². The van der Waals surface area contributed by atoms with E-state index >= 15 is 0 Å². The fourth-order valence-corrected chi connectivity index (χ4v) is 2.18. The van der Waals surface area contributed by atoms with Crippen molar-refractivity contribution in [3.63, 3.8) is 0 Å². The average Bonchev–Trinajstić information content (AvgIpc) is 2.90. The number of hydrogen-bond acceptors (Lipinski definition) is 5. The van der Waals surface area contributed by atoms with Crippen molar-refractivity contribution in [1.82, 2.24) is 4.98 Å². The molecule has 0 amide bonds. The van der Waals surface area contributed by atoms with Gasteiger partial charge in [0.25, 0.3) is 10.1 Å². The Bertz CT molecular complexity index is 820. The third-order valence-electron chi connectivity index (χ3n) is 2.79. The number of aryl methyl sites for hydroxylation is 1. The van der Waals surface area contributed by atoms with Crippen LogP contribution in [0.25, 0.3) is 11.1 Å². The molecule has 1 heterocycles. The third-order valence-corrected chi connectivity index (χ3v) is 3.66. The van der Waals surface area contributed by atoms with E-state index in [0.717, 1.165) is 16.7 Å². The van der Waals surface area contributed by atoms with Crippen molar-refractivity contribution >= 4 is 21.2 Å². The molecular formula is C15H15NO5S. The van der Waals surface area contributed by atoms with Gasteiger partial charge in [0.2, 0.25) is 5.89 Å². The molecule has 0 bridgehead atoms. The molecule has 0 unspecified atom stereocenters. The van der Waals surface area contributed by atoms with Crippen LogP contribution in [0.5, 0.6) is 0 Å². The van der Waals surface area contributed by atoms with Gasteiger partial charge in [-0.25, -0.2) is 4.98 Å². The molecule has 0 spiro atoms. The van der Waals surface area contributed by atoms with Crippen molar-refractivity contribution in [2.45, 2.75) is 18.4 Å². The first-order chi connectivity index (χ1) is 10.4. The molecule has 0 aliphatic heterocycles. The number of oxazole rings is 1. The highest BCUT2D eigenvalue weighted by molar-refractivity contribution is 7.85. The Morgan fingerprint density at radius 2 is 1.73 bits per heavy atom. The average molecular weight is 321 g/mol. The van der Waals surface area contributed by atoms with E-state index in [0.29, 0.717) is 5.89 Å². The number of benzene rings is 2. The lowest BCUT2D eigenvalue weighted by Gasteiger charge is -1.95. The molecule has 116 valence electrons. The first-order valence-corrected chi connectivity index (χ1v) is 7.83. The summed E-state index contributed by atoms with van der Waals surface area (Å²) < 4.78 is 34.7. The molecule has 3 aromatic rings. The van der Waals surface area contributed by atoms with Gasteiger partial charge in [0.05, 0.1) is 4.90 Å². The van der Waals surface area contributed by atoms with Crippen molar-refractivity contribution in [1.29, 1.82) is 0 Å². The minimum atomic E-state index is -4.02. The van der Waals surface area contributed by atoms with Gasteiger partial charge in [-0.05, 0) is 31.2 Å². The standard InChI is InChI=1S/C8H7NO2.C7H8O3S/c10-5-8-9-6-3-1-2-4-7(6)11-8;1-6-2-4-7(5-3-6)11(8,9)10/h1-4,10H,5H2;2-5H,1H3,(H,8,9,10). The van der Waals surface area contributed by atoms with E-state index in [2.05, 4.69) is 4.98 Å². The molecule has 0 saturated carbocycles. The quantitative estimate of drug-likeness (QED) is 0.704. The topological polar surface area (TPSA) is 101 Å². The molecule has 7 heteroatoms. The second-order valence-electron chi connectivity index (χ2n) is 4.52. The zero-order valence-electron chi connectivity index (χ0n) is 11.8. The monoisotopic (exact) mass is 321 g/mol. The molecule has 0 fully saturated rings. The fourth-order valence-electron chi connectivity index (χ4n) is 1.70. The zero-order valence-corrected chi connectivity index (χ0v) is 12.6. The van der Waals surface area contributed by atoms with Gasteiger partial charge in [-0.1, -0.05) is 29.8 Å². The van der Waals surface area contributed by atoms with Gasteiger partial charge < -0.3 is 9.52 Å². The largest absolute Gasteiger partial charge is 0.438 e. The predicted molar refractivity (Wildman–Crippen MR) is 80.9 cm³/mol. The van der Waals surface area contributed by atoms with Crippen LogP contribution in [0, 0.1) is 6.92 Å². The molecular weight excluding hydrogens is 306 g/mol. The number of para-hydroxylation sites is 2. The number of aliphatic hydroxyl groups excluding tert-OH is 1. The Balaban J connectivity index is 0.000000160. The Hall–Kier alpha value is -2.22. The van der Waals surface area contributed by atoms with E-state index in [1.165, 1.54) is 12.1 Å². The Morgan fingerprint density at radius 3 is 2.27 bits per heavy atom. The van der Waals surface area contributed by atoms with E-state index in [1.54, 1.807) is 12.1 Å². The van der Waals surface area contributed by atoms with E-state index in [9.17, 15) is 8.42 Å². The van der Waals surface area contributed by atoms with Gasteiger partial charge in [0.1, 0.15) is 12.1 Å². The van der Waals surface area contributed by atoms with Gasteiger partial charge in [0.15, 0.2) is 5.58 Å². The van der Waals surface area contributed by atoms with Crippen LogP contribution in [0.1, 0.15) is 11.5 Å².